The molecule has 4 heteroatoms. The van der Waals surface area contributed by atoms with E-state index in [1.54, 1.807) is 4.90 Å². The summed E-state index contributed by atoms with van der Waals surface area (Å²) >= 11 is 0. The first kappa shape index (κ1) is 14.3. The molecular formula is C18H19N3O. The van der Waals surface area contributed by atoms with E-state index >= 15 is 0 Å². The molecule has 0 aliphatic carbocycles. The number of carbonyl (C=O) groups is 1. The number of para-hydroxylation sites is 1. The van der Waals surface area contributed by atoms with Gasteiger partial charge in [-0.05, 0) is 37.6 Å². The van der Waals surface area contributed by atoms with Gasteiger partial charge in [-0.25, -0.2) is 4.98 Å². The summed E-state index contributed by atoms with van der Waals surface area (Å²) in [6.45, 7) is 3.99. The first-order chi connectivity index (χ1) is 10.6. The molecule has 112 valence electrons. The van der Waals surface area contributed by atoms with Crippen LogP contribution in [0.4, 0.5) is 5.69 Å². The molecule has 2 heterocycles. The van der Waals surface area contributed by atoms with Gasteiger partial charge in [0.1, 0.15) is 5.65 Å². The fourth-order valence-corrected chi connectivity index (χ4v) is 2.64. The van der Waals surface area contributed by atoms with Gasteiger partial charge in [-0.2, -0.15) is 0 Å². The topological polar surface area (TPSA) is 37.6 Å². The average Bonchev–Trinajstić information content (AvgIpc) is 2.85. The first-order valence-corrected chi connectivity index (χ1v) is 7.32. The van der Waals surface area contributed by atoms with Gasteiger partial charge < -0.3 is 9.30 Å². The lowest BCUT2D eigenvalue weighted by atomic mass is 10.2. The largest absolute Gasteiger partial charge is 0.315 e. The number of fused-ring (bicyclic) bond motifs is 1. The van der Waals surface area contributed by atoms with E-state index in [1.807, 2.05) is 74.0 Å². The lowest BCUT2D eigenvalue weighted by Crippen LogP contribution is -2.28. The van der Waals surface area contributed by atoms with Crippen LogP contribution in [-0.2, 0) is 11.2 Å². The summed E-state index contributed by atoms with van der Waals surface area (Å²) in [6, 6.07) is 13.7. The summed E-state index contributed by atoms with van der Waals surface area (Å²) in [4.78, 5) is 18.9. The Morgan fingerprint density at radius 3 is 2.59 bits per heavy atom. The number of aryl methyl sites for hydroxylation is 2. The molecule has 0 saturated heterocycles. The molecule has 0 spiro atoms. The molecule has 0 fully saturated rings. The molecule has 0 radical (unpaired) electrons. The van der Waals surface area contributed by atoms with Gasteiger partial charge in [-0.1, -0.05) is 24.3 Å². The molecule has 0 saturated carbocycles. The van der Waals surface area contributed by atoms with Crippen molar-refractivity contribution < 1.29 is 4.79 Å². The van der Waals surface area contributed by atoms with Crippen molar-refractivity contribution in [3.05, 3.63) is 65.6 Å². The van der Waals surface area contributed by atoms with Crippen molar-refractivity contribution in [1.82, 2.24) is 9.38 Å². The van der Waals surface area contributed by atoms with Gasteiger partial charge in [-0.15, -0.1) is 0 Å². The molecule has 4 nitrogen and oxygen atoms in total. The molecule has 0 N–H and O–H groups in total. The van der Waals surface area contributed by atoms with Crippen LogP contribution in [0.25, 0.3) is 5.65 Å². The van der Waals surface area contributed by atoms with Crippen LogP contribution in [0, 0.1) is 13.8 Å². The van der Waals surface area contributed by atoms with Crippen LogP contribution in [0.1, 0.15) is 17.0 Å². The smallest absolute Gasteiger partial charge is 0.232 e. The van der Waals surface area contributed by atoms with Crippen molar-refractivity contribution in [2.45, 2.75) is 20.3 Å². The maximum Gasteiger partial charge on any atom is 0.232 e. The number of anilines is 1. The molecule has 22 heavy (non-hydrogen) atoms. The number of aromatic nitrogens is 2. The van der Waals surface area contributed by atoms with Crippen LogP contribution in [-0.4, -0.2) is 22.3 Å². The highest BCUT2D eigenvalue weighted by molar-refractivity contribution is 5.94. The fraction of sp³-hybridized carbons (Fsp3) is 0.222. The van der Waals surface area contributed by atoms with Crippen LogP contribution in [0.5, 0.6) is 0 Å². The average molecular weight is 293 g/mol. The zero-order valence-electron chi connectivity index (χ0n) is 13.1. The van der Waals surface area contributed by atoms with Gasteiger partial charge in [-0.3, -0.25) is 4.79 Å². The number of likely N-dealkylation sites (N-methyl/N-ethyl adjacent to an activating group) is 1. The third kappa shape index (κ3) is 2.48. The lowest BCUT2D eigenvalue weighted by molar-refractivity contribution is -0.117. The number of rotatable bonds is 3. The van der Waals surface area contributed by atoms with Crippen LogP contribution in [0.3, 0.4) is 0 Å². The molecule has 0 aliphatic heterocycles. The summed E-state index contributed by atoms with van der Waals surface area (Å²) in [6.07, 6.45) is 2.30. The SMILES string of the molecule is Cc1nc2c(C)cccn2c1CC(=O)N(C)c1ccccc1. The number of nitrogens with zero attached hydrogens (tertiary/aromatic N) is 3. The summed E-state index contributed by atoms with van der Waals surface area (Å²) in [7, 11) is 1.81. The van der Waals surface area contributed by atoms with Gasteiger partial charge in [0.05, 0.1) is 17.8 Å². The number of amides is 1. The molecule has 0 aliphatic rings. The second-order valence-electron chi connectivity index (χ2n) is 5.49. The van der Waals surface area contributed by atoms with E-state index < -0.39 is 0 Å². The maximum atomic E-state index is 12.6. The summed E-state index contributed by atoms with van der Waals surface area (Å²) in [5.74, 6) is 0.0533. The Balaban J connectivity index is 1.92. The fourth-order valence-electron chi connectivity index (χ4n) is 2.64. The molecule has 0 unspecified atom stereocenters. The minimum Gasteiger partial charge on any atom is -0.315 e. The van der Waals surface area contributed by atoms with E-state index in [2.05, 4.69) is 4.98 Å². The number of pyridine rings is 1. The highest BCUT2D eigenvalue weighted by Crippen LogP contribution is 2.18. The number of carbonyl (C=O) groups excluding carboxylic acids is 1. The Kier molecular flexibility index (Phi) is 3.67. The first-order valence-electron chi connectivity index (χ1n) is 7.32. The summed E-state index contributed by atoms with van der Waals surface area (Å²) in [5.41, 5.74) is 4.79. The predicted octanol–water partition coefficient (Wildman–Crippen LogP) is 3.16. The third-order valence-electron chi connectivity index (χ3n) is 3.98. The predicted molar refractivity (Wildman–Crippen MR) is 88.2 cm³/mol. The van der Waals surface area contributed by atoms with E-state index in [1.165, 1.54) is 0 Å². The van der Waals surface area contributed by atoms with Crippen molar-refractivity contribution in [2.75, 3.05) is 11.9 Å². The normalized spacial score (nSPS) is 10.9. The number of hydrogen-bond donors (Lipinski definition) is 0. The molecule has 1 amide bonds. The second kappa shape index (κ2) is 5.64. The van der Waals surface area contributed by atoms with Crippen LogP contribution < -0.4 is 4.90 Å². The van der Waals surface area contributed by atoms with E-state index in [9.17, 15) is 4.79 Å². The molecule has 1 aromatic carbocycles. The quantitative estimate of drug-likeness (QED) is 0.744. The number of hydrogen-bond acceptors (Lipinski definition) is 2. The minimum absolute atomic E-state index is 0.0533. The maximum absolute atomic E-state index is 12.6. The van der Waals surface area contributed by atoms with E-state index in [0.29, 0.717) is 6.42 Å². The van der Waals surface area contributed by atoms with Crippen LogP contribution >= 0.6 is 0 Å². The Hall–Kier alpha value is -2.62. The molecular weight excluding hydrogens is 274 g/mol. The van der Waals surface area contributed by atoms with Crippen molar-refractivity contribution in [2.24, 2.45) is 0 Å². The zero-order valence-corrected chi connectivity index (χ0v) is 13.1. The van der Waals surface area contributed by atoms with E-state index in [-0.39, 0.29) is 5.91 Å². The Morgan fingerprint density at radius 1 is 1.14 bits per heavy atom. The van der Waals surface area contributed by atoms with Gasteiger partial charge >= 0.3 is 0 Å². The Bertz CT molecular complexity index is 821. The molecule has 0 atom stereocenters. The number of benzene rings is 1. The number of imidazole rings is 1. The Morgan fingerprint density at radius 2 is 1.86 bits per heavy atom. The van der Waals surface area contributed by atoms with Crippen molar-refractivity contribution in [3.63, 3.8) is 0 Å². The molecule has 3 aromatic rings. The second-order valence-corrected chi connectivity index (χ2v) is 5.49. The molecule has 0 bridgehead atoms. The van der Waals surface area contributed by atoms with Gasteiger partial charge in [0.15, 0.2) is 0 Å². The van der Waals surface area contributed by atoms with Crippen LogP contribution in [0.15, 0.2) is 48.7 Å². The monoisotopic (exact) mass is 293 g/mol. The van der Waals surface area contributed by atoms with Crippen molar-refractivity contribution >= 4 is 17.2 Å². The standard InChI is InChI=1S/C18H19N3O/c1-13-8-7-11-21-16(14(2)19-18(13)21)12-17(22)20(3)15-9-5-4-6-10-15/h4-11H,12H2,1-3H3. The minimum atomic E-state index is 0.0533. The third-order valence-corrected chi connectivity index (χ3v) is 3.98. The summed E-state index contributed by atoms with van der Waals surface area (Å²) < 4.78 is 2.02. The lowest BCUT2D eigenvalue weighted by Gasteiger charge is -2.17. The van der Waals surface area contributed by atoms with Crippen molar-refractivity contribution in [3.8, 4) is 0 Å². The van der Waals surface area contributed by atoms with E-state index in [4.69, 9.17) is 0 Å². The highest BCUT2D eigenvalue weighted by Gasteiger charge is 2.17. The van der Waals surface area contributed by atoms with E-state index in [0.717, 1.165) is 28.3 Å². The van der Waals surface area contributed by atoms with Crippen molar-refractivity contribution in [1.29, 1.82) is 0 Å². The highest BCUT2D eigenvalue weighted by atomic mass is 16.2. The zero-order chi connectivity index (χ0) is 15.7. The van der Waals surface area contributed by atoms with Gasteiger partial charge in [0, 0.05) is 18.9 Å². The summed E-state index contributed by atoms with van der Waals surface area (Å²) in [5, 5.41) is 0. The van der Waals surface area contributed by atoms with Crippen LogP contribution in [0.2, 0.25) is 0 Å². The molecule has 3 rings (SSSR count). The molecule has 2 aromatic heterocycles. The van der Waals surface area contributed by atoms with Gasteiger partial charge in [0.25, 0.3) is 0 Å². The Labute approximate surface area is 130 Å². The van der Waals surface area contributed by atoms with Gasteiger partial charge in [0.2, 0.25) is 5.91 Å².